The Kier molecular flexibility index (Phi) is 4.20. The number of halogens is 1. The molecule has 0 radical (unpaired) electrons. The molecule has 0 bridgehead atoms. The molecule has 3 N–H and O–H groups in total. The Bertz CT molecular complexity index is 595. The normalized spacial score (nSPS) is 19.0. The zero-order chi connectivity index (χ0) is 15.7. The second kappa shape index (κ2) is 6.12. The van der Waals surface area contributed by atoms with Crippen molar-refractivity contribution in [2.24, 2.45) is 11.7 Å². The smallest absolute Gasteiger partial charge is 0.250 e. The fraction of sp³-hybridized carbons (Fsp3) is 0.533. The number of hydrogen-bond acceptors (Lipinski definition) is 4. The van der Waals surface area contributed by atoms with E-state index in [-0.39, 0.29) is 12.0 Å². The van der Waals surface area contributed by atoms with Gasteiger partial charge < -0.3 is 16.0 Å². The molecule has 1 aromatic rings. The van der Waals surface area contributed by atoms with Gasteiger partial charge in [0.05, 0.1) is 10.6 Å². The molecule has 0 atom stereocenters. The Hall–Kier alpha value is -1.82. The van der Waals surface area contributed by atoms with Gasteiger partial charge in [-0.15, -0.1) is 0 Å². The standard InChI is InChI=1S/C15H19ClN4O2/c16-12-7-10(13(17)21)8-18-14(12)19-11-3-5-20(6-4-11)15(22)9-1-2-9/h7-9,11H,1-6H2,(H2,17,21)(H,18,19). The first-order valence-electron chi connectivity index (χ1n) is 7.55. The molecule has 118 valence electrons. The number of nitrogens with zero attached hydrogens (tertiary/aromatic N) is 2. The molecule has 2 amide bonds. The Balaban J connectivity index is 1.56. The molecule has 0 unspecified atom stereocenters. The average molecular weight is 323 g/mol. The van der Waals surface area contributed by atoms with Gasteiger partial charge in [-0.3, -0.25) is 9.59 Å². The fourth-order valence-corrected chi connectivity index (χ4v) is 2.93. The number of piperidine rings is 1. The zero-order valence-electron chi connectivity index (χ0n) is 12.2. The van der Waals surface area contributed by atoms with E-state index in [0.717, 1.165) is 38.8 Å². The van der Waals surface area contributed by atoms with Gasteiger partial charge in [0.1, 0.15) is 5.82 Å². The van der Waals surface area contributed by atoms with Gasteiger partial charge in [0.25, 0.3) is 0 Å². The molecule has 1 saturated heterocycles. The largest absolute Gasteiger partial charge is 0.366 e. The van der Waals surface area contributed by atoms with Crippen LogP contribution in [0.5, 0.6) is 0 Å². The lowest BCUT2D eigenvalue weighted by molar-refractivity contribution is -0.133. The van der Waals surface area contributed by atoms with E-state index >= 15 is 0 Å². The van der Waals surface area contributed by atoms with E-state index in [1.54, 1.807) is 0 Å². The highest BCUT2D eigenvalue weighted by Crippen LogP contribution is 2.32. The number of hydrogen-bond donors (Lipinski definition) is 2. The molecule has 1 aliphatic heterocycles. The van der Waals surface area contributed by atoms with Crippen LogP contribution in [0.1, 0.15) is 36.0 Å². The minimum atomic E-state index is -0.548. The zero-order valence-corrected chi connectivity index (χ0v) is 13.0. The minimum Gasteiger partial charge on any atom is -0.366 e. The Morgan fingerprint density at radius 3 is 2.50 bits per heavy atom. The van der Waals surface area contributed by atoms with Gasteiger partial charge in [-0.2, -0.15) is 0 Å². The van der Waals surface area contributed by atoms with Gasteiger partial charge in [0, 0.05) is 31.2 Å². The van der Waals surface area contributed by atoms with Crippen LogP contribution in [0.3, 0.4) is 0 Å². The number of carbonyl (C=O) groups excluding carboxylic acids is 2. The molecule has 1 aliphatic carbocycles. The molecule has 7 heteroatoms. The summed E-state index contributed by atoms with van der Waals surface area (Å²) in [7, 11) is 0. The van der Waals surface area contributed by atoms with Crippen molar-refractivity contribution in [3.8, 4) is 0 Å². The maximum absolute atomic E-state index is 12.0. The van der Waals surface area contributed by atoms with Gasteiger partial charge in [0.15, 0.2) is 0 Å². The quantitative estimate of drug-likeness (QED) is 0.882. The molecule has 6 nitrogen and oxygen atoms in total. The van der Waals surface area contributed by atoms with Crippen LogP contribution in [0.15, 0.2) is 12.3 Å². The van der Waals surface area contributed by atoms with Gasteiger partial charge in [-0.05, 0) is 31.7 Å². The second-order valence-corrected chi connectivity index (χ2v) is 6.34. The number of pyridine rings is 1. The third-order valence-corrected chi connectivity index (χ3v) is 4.49. The van der Waals surface area contributed by atoms with E-state index in [4.69, 9.17) is 17.3 Å². The Morgan fingerprint density at radius 1 is 1.27 bits per heavy atom. The molecular formula is C15H19ClN4O2. The molecule has 0 spiro atoms. The number of rotatable bonds is 4. The topological polar surface area (TPSA) is 88.3 Å². The van der Waals surface area contributed by atoms with Gasteiger partial charge in [0.2, 0.25) is 11.8 Å². The van der Waals surface area contributed by atoms with Crippen LogP contribution in [-0.4, -0.2) is 40.8 Å². The summed E-state index contributed by atoms with van der Waals surface area (Å²) in [5.41, 5.74) is 5.49. The van der Waals surface area contributed by atoms with E-state index in [1.807, 2.05) is 4.90 Å². The summed E-state index contributed by atoms with van der Waals surface area (Å²) in [5, 5.41) is 3.67. The van der Waals surface area contributed by atoms with Crippen molar-refractivity contribution in [1.82, 2.24) is 9.88 Å². The number of aromatic nitrogens is 1. The number of amides is 2. The first-order valence-corrected chi connectivity index (χ1v) is 7.93. The summed E-state index contributed by atoms with van der Waals surface area (Å²) in [6, 6.07) is 1.75. The van der Waals surface area contributed by atoms with Crippen molar-refractivity contribution in [2.75, 3.05) is 18.4 Å². The molecule has 0 aromatic carbocycles. The molecule has 22 heavy (non-hydrogen) atoms. The van der Waals surface area contributed by atoms with Crippen molar-refractivity contribution < 1.29 is 9.59 Å². The number of likely N-dealkylation sites (tertiary alicyclic amines) is 1. The van der Waals surface area contributed by atoms with Crippen LogP contribution in [0.4, 0.5) is 5.82 Å². The maximum Gasteiger partial charge on any atom is 0.250 e. The van der Waals surface area contributed by atoms with Gasteiger partial charge in [-0.25, -0.2) is 4.98 Å². The fourth-order valence-electron chi connectivity index (χ4n) is 2.70. The third-order valence-electron chi connectivity index (χ3n) is 4.20. The number of nitrogens with two attached hydrogens (primary N) is 1. The molecule has 3 rings (SSSR count). The Morgan fingerprint density at radius 2 is 1.95 bits per heavy atom. The lowest BCUT2D eigenvalue weighted by Crippen LogP contribution is -2.43. The van der Waals surface area contributed by atoms with Crippen LogP contribution in [0, 0.1) is 5.92 Å². The SMILES string of the molecule is NC(=O)c1cnc(NC2CCN(C(=O)C3CC3)CC2)c(Cl)c1. The summed E-state index contributed by atoms with van der Waals surface area (Å²) < 4.78 is 0. The Labute approximate surface area is 134 Å². The maximum atomic E-state index is 12.0. The van der Waals surface area contributed by atoms with Crippen molar-refractivity contribution in [2.45, 2.75) is 31.7 Å². The molecular weight excluding hydrogens is 304 g/mol. The van der Waals surface area contributed by atoms with Crippen molar-refractivity contribution in [3.63, 3.8) is 0 Å². The molecule has 2 aliphatic rings. The summed E-state index contributed by atoms with van der Waals surface area (Å²) in [5.74, 6) is 0.592. The van der Waals surface area contributed by atoms with E-state index in [9.17, 15) is 9.59 Å². The van der Waals surface area contributed by atoms with E-state index in [2.05, 4.69) is 10.3 Å². The van der Waals surface area contributed by atoms with Crippen LogP contribution in [0.25, 0.3) is 0 Å². The van der Waals surface area contributed by atoms with E-state index < -0.39 is 5.91 Å². The molecule has 2 fully saturated rings. The van der Waals surface area contributed by atoms with Crippen molar-refractivity contribution in [3.05, 3.63) is 22.8 Å². The lowest BCUT2D eigenvalue weighted by atomic mass is 10.0. The summed E-state index contributed by atoms with van der Waals surface area (Å²) in [6.07, 6.45) is 5.25. The highest BCUT2D eigenvalue weighted by molar-refractivity contribution is 6.33. The number of anilines is 1. The second-order valence-electron chi connectivity index (χ2n) is 5.94. The summed E-state index contributed by atoms with van der Waals surface area (Å²) in [6.45, 7) is 1.54. The van der Waals surface area contributed by atoms with E-state index in [0.29, 0.717) is 22.3 Å². The summed E-state index contributed by atoms with van der Waals surface area (Å²) >= 11 is 6.12. The highest BCUT2D eigenvalue weighted by atomic mass is 35.5. The monoisotopic (exact) mass is 322 g/mol. The van der Waals surface area contributed by atoms with Crippen molar-refractivity contribution >= 4 is 29.2 Å². The number of carbonyl (C=O) groups is 2. The number of primary amides is 1. The van der Waals surface area contributed by atoms with Crippen LogP contribution in [0.2, 0.25) is 5.02 Å². The first-order chi connectivity index (χ1) is 10.5. The average Bonchev–Trinajstić information content (AvgIpc) is 3.34. The van der Waals surface area contributed by atoms with Crippen LogP contribution < -0.4 is 11.1 Å². The summed E-state index contributed by atoms with van der Waals surface area (Å²) in [4.78, 5) is 29.2. The first kappa shape index (κ1) is 15.1. The van der Waals surface area contributed by atoms with Gasteiger partial charge in [-0.1, -0.05) is 11.6 Å². The van der Waals surface area contributed by atoms with Crippen LogP contribution in [-0.2, 0) is 4.79 Å². The predicted molar refractivity (Wildman–Crippen MR) is 83.7 cm³/mol. The highest BCUT2D eigenvalue weighted by Gasteiger charge is 2.34. The minimum absolute atomic E-state index is 0.229. The third kappa shape index (κ3) is 3.32. The molecule has 1 aromatic heterocycles. The molecule has 2 heterocycles. The van der Waals surface area contributed by atoms with Crippen LogP contribution >= 0.6 is 11.6 Å². The van der Waals surface area contributed by atoms with Gasteiger partial charge >= 0.3 is 0 Å². The molecule has 1 saturated carbocycles. The van der Waals surface area contributed by atoms with Crippen molar-refractivity contribution in [1.29, 1.82) is 0 Å². The number of nitrogens with one attached hydrogen (secondary N) is 1. The lowest BCUT2D eigenvalue weighted by Gasteiger charge is -2.33. The predicted octanol–water partition coefficient (Wildman–Crippen LogP) is 1.65. The van der Waals surface area contributed by atoms with E-state index in [1.165, 1.54) is 12.3 Å².